The molecular weight excluding hydrogens is 174 g/mol. The molecule has 1 N–H and O–H groups in total. The third-order valence-corrected chi connectivity index (χ3v) is 2.25. The van der Waals surface area contributed by atoms with Gasteiger partial charge in [0.1, 0.15) is 11.8 Å². The first-order chi connectivity index (χ1) is 6.77. The molecule has 0 saturated heterocycles. The van der Waals surface area contributed by atoms with Gasteiger partial charge >= 0.3 is 0 Å². The summed E-state index contributed by atoms with van der Waals surface area (Å²) < 4.78 is 0. The van der Waals surface area contributed by atoms with Gasteiger partial charge in [-0.15, -0.1) is 0 Å². The van der Waals surface area contributed by atoms with E-state index < -0.39 is 0 Å². The lowest BCUT2D eigenvalue weighted by Crippen LogP contribution is -1.87. The molecule has 0 atom stereocenters. The summed E-state index contributed by atoms with van der Waals surface area (Å²) in [5.41, 5.74) is 1.51. The van der Waals surface area contributed by atoms with E-state index in [1.165, 1.54) is 12.8 Å². The second-order valence-electron chi connectivity index (χ2n) is 3.42. The fourth-order valence-electron chi connectivity index (χ4n) is 1.41. The Bertz CT molecular complexity index is 339. The molecule has 0 heterocycles. The topological polar surface area (TPSA) is 44.0 Å². The summed E-state index contributed by atoms with van der Waals surface area (Å²) in [7, 11) is 0. The number of nitrogens with zero attached hydrogens (tertiary/aromatic N) is 1. The number of phenolic OH excluding ortho intramolecular Hbond substituents is 1. The molecule has 1 aromatic rings. The van der Waals surface area contributed by atoms with Crippen molar-refractivity contribution in [2.45, 2.75) is 32.6 Å². The molecule has 2 heteroatoms. The van der Waals surface area contributed by atoms with E-state index in [-0.39, 0.29) is 5.75 Å². The number of unbranched alkanes of at least 4 members (excludes halogenated alkanes) is 2. The minimum absolute atomic E-state index is 0.0757. The zero-order valence-corrected chi connectivity index (χ0v) is 8.45. The average molecular weight is 189 g/mol. The van der Waals surface area contributed by atoms with Gasteiger partial charge in [0.05, 0.1) is 5.56 Å². The van der Waals surface area contributed by atoms with Crippen molar-refractivity contribution in [3.63, 3.8) is 0 Å². The number of phenols is 1. The van der Waals surface area contributed by atoms with Crippen molar-refractivity contribution in [1.29, 1.82) is 5.26 Å². The first-order valence-electron chi connectivity index (χ1n) is 5.00. The zero-order valence-electron chi connectivity index (χ0n) is 8.45. The van der Waals surface area contributed by atoms with Crippen LogP contribution in [0.1, 0.15) is 37.3 Å². The monoisotopic (exact) mass is 189 g/mol. The van der Waals surface area contributed by atoms with Crippen LogP contribution in [0.4, 0.5) is 0 Å². The second kappa shape index (κ2) is 5.29. The molecule has 1 aromatic carbocycles. The fraction of sp³-hybridized carbons (Fsp3) is 0.417. The summed E-state index contributed by atoms with van der Waals surface area (Å²) in [6.07, 6.45) is 4.54. The molecule has 0 aliphatic rings. The van der Waals surface area contributed by atoms with Crippen LogP contribution < -0.4 is 0 Å². The molecule has 0 aliphatic heterocycles. The molecule has 0 spiro atoms. The quantitative estimate of drug-likeness (QED) is 0.740. The van der Waals surface area contributed by atoms with Crippen molar-refractivity contribution in [2.24, 2.45) is 0 Å². The van der Waals surface area contributed by atoms with Gasteiger partial charge < -0.3 is 5.11 Å². The van der Waals surface area contributed by atoms with Crippen LogP contribution in [-0.4, -0.2) is 5.11 Å². The maximum Gasteiger partial charge on any atom is 0.133 e. The van der Waals surface area contributed by atoms with E-state index in [0.717, 1.165) is 18.4 Å². The Morgan fingerprint density at radius 3 is 2.79 bits per heavy atom. The van der Waals surface area contributed by atoms with Gasteiger partial charge in [-0.2, -0.15) is 5.26 Å². The standard InChI is InChI=1S/C12H15NO/c1-2-3-4-5-10-6-7-12(14)11(8-10)9-13/h6-8,14H,2-5H2,1H3. The highest BCUT2D eigenvalue weighted by molar-refractivity contribution is 5.44. The Morgan fingerprint density at radius 1 is 1.36 bits per heavy atom. The van der Waals surface area contributed by atoms with E-state index in [2.05, 4.69) is 6.92 Å². The van der Waals surface area contributed by atoms with Crippen LogP contribution in [0.3, 0.4) is 0 Å². The largest absolute Gasteiger partial charge is 0.507 e. The Morgan fingerprint density at radius 2 is 2.14 bits per heavy atom. The molecule has 0 radical (unpaired) electrons. The minimum atomic E-state index is 0.0757. The Labute approximate surface area is 84.8 Å². The van der Waals surface area contributed by atoms with Gasteiger partial charge in [0.25, 0.3) is 0 Å². The molecule has 0 fully saturated rings. The maximum absolute atomic E-state index is 9.28. The highest BCUT2D eigenvalue weighted by Gasteiger charge is 2.01. The Kier molecular flexibility index (Phi) is 4.00. The molecule has 2 nitrogen and oxygen atoms in total. The number of nitriles is 1. The average Bonchev–Trinajstić information content (AvgIpc) is 2.21. The first kappa shape index (κ1) is 10.6. The van der Waals surface area contributed by atoms with E-state index in [1.807, 2.05) is 12.1 Å². The molecule has 0 saturated carbocycles. The molecule has 74 valence electrons. The fourth-order valence-corrected chi connectivity index (χ4v) is 1.41. The van der Waals surface area contributed by atoms with Crippen LogP contribution in [0.15, 0.2) is 18.2 Å². The lowest BCUT2D eigenvalue weighted by Gasteiger charge is -2.02. The smallest absolute Gasteiger partial charge is 0.133 e. The molecule has 0 bridgehead atoms. The SMILES string of the molecule is CCCCCc1ccc(O)c(C#N)c1. The van der Waals surface area contributed by atoms with Crippen molar-refractivity contribution in [3.05, 3.63) is 29.3 Å². The van der Waals surface area contributed by atoms with Crippen LogP contribution >= 0.6 is 0 Å². The summed E-state index contributed by atoms with van der Waals surface area (Å²) in [6.45, 7) is 2.16. The molecular formula is C12H15NO. The van der Waals surface area contributed by atoms with Crippen molar-refractivity contribution < 1.29 is 5.11 Å². The Hall–Kier alpha value is -1.49. The van der Waals surface area contributed by atoms with Crippen molar-refractivity contribution in [1.82, 2.24) is 0 Å². The summed E-state index contributed by atoms with van der Waals surface area (Å²) in [5.74, 6) is 0.0757. The van der Waals surface area contributed by atoms with Gasteiger partial charge in [0, 0.05) is 0 Å². The summed E-state index contributed by atoms with van der Waals surface area (Å²) in [6, 6.07) is 7.22. The number of aryl methyl sites for hydroxylation is 1. The second-order valence-corrected chi connectivity index (χ2v) is 3.42. The normalized spacial score (nSPS) is 9.71. The third-order valence-electron chi connectivity index (χ3n) is 2.25. The predicted molar refractivity (Wildman–Crippen MR) is 56.1 cm³/mol. The van der Waals surface area contributed by atoms with Crippen molar-refractivity contribution >= 4 is 0 Å². The Balaban J connectivity index is 2.66. The van der Waals surface area contributed by atoms with Crippen LogP contribution in [-0.2, 0) is 6.42 Å². The number of hydrogen-bond acceptors (Lipinski definition) is 2. The zero-order chi connectivity index (χ0) is 10.4. The molecule has 0 amide bonds. The van der Waals surface area contributed by atoms with Crippen molar-refractivity contribution in [2.75, 3.05) is 0 Å². The predicted octanol–water partition coefficient (Wildman–Crippen LogP) is 3.00. The van der Waals surface area contributed by atoms with Crippen molar-refractivity contribution in [3.8, 4) is 11.8 Å². The van der Waals surface area contributed by atoms with E-state index in [1.54, 1.807) is 12.1 Å². The number of benzene rings is 1. The van der Waals surface area contributed by atoms with E-state index in [4.69, 9.17) is 5.26 Å². The summed E-state index contributed by atoms with van der Waals surface area (Å²) >= 11 is 0. The number of rotatable bonds is 4. The van der Waals surface area contributed by atoms with Gasteiger partial charge in [-0.05, 0) is 30.5 Å². The molecule has 0 aromatic heterocycles. The van der Waals surface area contributed by atoms with Crippen LogP contribution in [0.25, 0.3) is 0 Å². The first-order valence-corrected chi connectivity index (χ1v) is 5.00. The van der Waals surface area contributed by atoms with Gasteiger partial charge in [0.15, 0.2) is 0 Å². The summed E-state index contributed by atoms with van der Waals surface area (Å²) in [4.78, 5) is 0. The lowest BCUT2D eigenvalue weighted by atomic mass is 10.0. The highest BCUT2D eigenvalue weighted by Crippen LogP contribution is 2.18. The molecule has 1 rings (SSSR count). The molecule has 0 unspecified atom stereocenters. The van der Waals surface area contributed by atoms with Gasteiger partial charge in [-0.3, -0.25) is 0 Å². The number of aromatic hydroxyl groups is 1. The highest BCUT2D eigenvalue weighted by atomic mass is 16.3. The molecule has 0 aliphatic carbocycles. The summed E-state index contributed by atoms with van der Waals surface area (Å²) in [5, 5.41) is 18.0. The van der Waals surface area contributed by atoms with Gasteiger partial charge in [-0.1, -0.05) is 25.8 Å². The van der Waals surface area contributed by atoms with Crippen LogP contribution in [0, 0.1) is 11.3 Å². The molecule has 14 heavy (non-hydrogen) atoms. The lowest BCUT2D eigenvalue weighted by molar-refractivity contribution is 0.473. The van der Waals surface area contributed by atoms with Gasteiger partial charge in [0.2, 0.25) is 0 Å². The van der Waals surface area contributed by atoms with Gasteiger partial charge in [-0.25, -0.2) is 0 Å². The van der Waals surface area contributed by atoms with E-state index >= 15 is 0 Å². The third kappa shape index (κ3) is 2.77. The minimum Gasteiger partial charge on any atom is -0.507 e. The van der Waals surface area contributed by atoms with Crippen LogP contribution in [0.5, 0.6) is 5.75 Å². The van der Waals surface area contributed by atoms with E-state index in [9.17, 15) is 5.11 Å². The van der Waals surface area contributed by atoms with Crippen LogP contribution in [0.2, 0.25) is 0 Å². The maximum atomic E-state index is 9.28. The number of hydrogen-bond donors (Lipinski definition) is 1. The van der Waals surface area contributed by atoms with E-state index in [0.29, 0.717) is 5.56 Å².